The number of nitrogens with one attached hydrogen (secondary N) is 1. The van der Waals surface area contributed by atoms with Crippen LogP contribution in [0, 0.1) is 5.82 Å². The molecule has 0 bridgehead atoms. The van der Waals surface area contributed by atoms with Crippen molar-refractivity contribution in [3.63, 3.8) is 0 Å². The third-order valence-corrected chi connectivity index (χ3v) is 3.83. The fourth-order valence-corrected chi connectivity index (χ4v) is 2.96. The molecule has 0 aliphatic heterocycles. The first-order valence-corrected chi connectivity index (χ1v) is 7.09. The molecule has 0 radical (unpaired) electrons. The van der Waals surface area contributed by atoms with Crippen LogP contribution in [0.3, 0.4) is 0 Å². The molecule has 4 nitrogen and oxygen atoms in total. The van der Waals surface area contributed by atoms with E-state index in [0.29, 0.717) is 6.04 Å². The van der Waals surface area contributed by atoms with Crippen molar-refractivity contribution in [1.82, 2.24) is 20.1 Å². The number of rotatable bonds is 4. The third-order valence-electron chi connectivity index (χ3n) is 3.83. The second-order valence-corrected chi connectivity index (χ2v) is 5.47. The number of aryl methyl sites for hydroxylation is 1. The number of halogens is 1. The second kappa shape index (κ2) is 5.71. The van der Waals surface area contributed by atoms with Gasteiger partial charge >= 0.3 is 0 Å². The van der Waals surface area contributed by atoms with E-state index in [9.17, 15) is 4.39 Å². The quantitative estimate of drug-likeness (QED) is 0.931. The molecular formula is C15H19FN4. The van der Waals surface area contributed by atoms with E-state index >= 15 is 0 Å². The lowest BCUT2D eigenvalue weighted by atomic mass is 9.87. The lowest BCUT2D eigenvalue weighted by Crippen LogP contribution is -2.35. The highest BCUT2D eigenvalue weighted by Crippen LogP contribution is 2.30. The molecule has 1 aliphatic carbocycles. The molecule has 20 heavy (non-hydrogen) atoms. The Hall–Kier alpha value is -1.75. The first-order chi connectivity index (χ1) is 9.72. The Labute approximate surface area is 118 Å². The summed E-state index contributed by atoms with van der Waals surface area (Å²) in [4.78, 5) is 3.95. The number of hydrogen-bond acceptors (Lipinski definition) is 3. The van der Waals surface area contributed by atoms with Crippen LogP contribution in [0.15, 0.2) is 30.9 Å². The molecule has 3 rings (SSSR count). The number of aromatic nitrogens is 3. The Kier molecular flexibility index (Phi) is 3.78. The summed E-state index contributed by atoms with van der Waals surface area (Å²) in [7, 11) is 0. The van der Waals surface area contributed by atoms with Crippen LogP contribution in [-0.4, -0.2) is 20.8 Å². The minimum atomic E-state index is -0.139. The summed E-state index contributed by atoms with van der Waals surface area (Å²) in [5.74, 6) is -0.139. The molecule has 0 saturated heterocycles. The van der Waals surface area contributed by atoms with Gasteiger partial charge in [0.05, 0.1) is 6.54 Å². The highest BCUT2D eigenvalue weighted by molar-refractivity contribution is 5.32. The van der Waals surface area contributed by atoms with Crippen molar-refractivity contribution in [2.45, 2.75) is 44.8 Å². The first-order valence-electron chi connectivity index (χ1n) is 7.09. The zero-order valence-corrected chi connectivity index (χ0v) is 11.6. The van der Waals surface area contributed by atoms with Crippen molar-refractivity contribution in [3.8, 4) is 0 Å². The van der Waals surface area contributed by atoms with Crippen molar-refractivity contribution in [2.75, 3.05) is 0 Å². The van der Waals surface area contributed by atoms with Crippen molar-refractivity contribution in [3.05, 3.63) is 47.8 Å². The predicted octanol–water partition coefficient (Wildman–Crippen LogP) is 2.47. The van der Waals surface area contributed by atoms with Gasteiger partial charge in [-0.25, -0.2) is 9.37 Å². The molecule has 106 valence electrons. The molecule has 1 aromatic heterocycles. The average molecular weight is 274 g/mol. The fourth-order valence-electron chi connectivity index (χ4n) is 2.96. The summed E-state index contributed by atoms with van der Waals surface area (Å²) in [6.45, 7) is 2.92. The maximum atomic E-state index is 13.3. The van der Waals surface area contributed by atoms with Crippen LogP contribution in [0.2, 0.25) is 0 Å². The Balaban J connectivity index is 1.69. The molecule has 0 fully saturated rings. The fraction of sp³-hybridized carbons (Fsp3) is 0.467. The van der Waals surface area contributed by atoms with Gasteiger partial charge in [0.1, 0.15) is 18.5 Å². The van der Waals surface area contributed by atoms with E-state index < -0.39 is 0 Å². The summed E-state index contributed by atoms with van der Waals surface area (Å²) in [6, 6.07) is 5.74. The predicted molar refractivity (Wildman–Crippen MR) is 74.7 cm³/mol. The van der Waals surface area contributed by atoms with Crippen molar-refractivity contribution >= 4 is 0 Å². The van der Waals surface area contributed by atoms with E-state index in [-0.39, 0.29) is 11.9 Å². The first kappa shape index (κ1) is 13.2. The van der Waals surface area contributed by atoms with E-state index in [1.807, 2.05) is 10.7 Å². The molecule has 1 aliphatic rings. The summed E-state index contributed by atoms with van der Waals surface area (Å²) >= 11 is 0. The summed E-state index contributed by atoms with van der Waals surface area (Å²) in [5.41, 5.74) is 2.38. The zero-order chi connectivity index (χ0) is 13.9. The molecule has 0 unspecified atom stereocenters. The molecule has 0 spiro atoms. The number of hydrogen-bond donors (Lipinski definition) is 1. The van der Waals surface area contributed by atoms with Gasteiger partial charge in [-0.2, -0.15) is 5.10 Å². The molecule has 0 amide bonds. The SMILES string of the molecule is C[C@@H](Cn1cncn1)N[C@H]1CCCc2cc(F)ccc21. The number of fused-ring (bicyclic) bond motifs is 1. The molecule has 1 N–H and O–H groups in total. The van der Waals surface area contributed by atoms with Gasteiger partial charge in [-0.05, 0) is 49.4 Å². The van der Waals surface area contributed by atoms with Gasteiger partial charge < -0.3 is 5.32 Å². The minimum Gasteiger partial charge on any atom is -0.306 e. The van der Waals surface area contributed by atoms with Crippen LogP contribution in [0.25, 0.3) is 0 Å². The molecule has 1 aromatic carbocycles. The van der Waals surface area contributed by atoms with E-state index in [1.54, 1.807) is 24.8 Å². The monoisotopic (exact) mass is 274 g/mol. The standard InChI is InChI=1S/C15H19FN4/c1-11(8-20-10-17-9-18-20)19-15-4-2-3-12-7-13(16)5-6-14(12)15/h5-7,9-11,15,19H,2-4,8H2,1H3/t11-,15-/m0/s1. The lowest BCUT2D eigenvalue weighted by molar-refractivity contribution is 0.369. The van der Waals surface area contributed by atoms with Gasteiger partial charge in [0.2, 0.25) is 0 Å². The van der Waals surface area contributed by atoms with Crippen molar-refractivity contribution in [1.29, 1.82) is 0 Å². The van der Waals surface area contributed by atoms with Gasteiger partial charge in [0.15, 0.2) is 0 Å². The molecular weight excluding hydrogens is 255 g/mol. The molecule has 2 atom stereocenters. The lowest BCUT2D eigenvalue weighted by Gasteiger charge is -2.29. The van der Waals surface area contributed by atoms with Gasteiger partial charge in [0.25, 0.3) is 0 Å². The Morgan fingerprint density at radius 1 is 1.50 bits per heavy atom. The van der Waals surface area contributed by atoms with E-state index in [0.717, 1.165) is 31.4 Å². The number of nitrogens with zero attached hydrogens (tertiary/aromatic N) is 3. The van der Waals surface area contributed by atoms with Gasteiger partial charge in [0, 0.05) is 12.1 Å². The van der Waals surface area contributed by atoms with Gasteiger partial charge in [-0.1, -0.05) is 6.07 Å². The largest absolute Gasteiger partial charge is 0.306 e. The number of benzene rings is 1. The minimum absolute atomic E-state index is 0.139. The molecule has 5 heteroatoms. The van der Waals surface area contributed by atoms with Gasteiger partial charge in [-0.15, -0.1) is 0 Å². The van der Waals surface area contributed by atoms with Crippen LogP contribution in [0.4, 0.5) is 4.39 Å². The maximum absolute atomic E-state index is 13.3. The zero-order valence-electron chi connectivity index (χ0n) is 11.6. The highest BCUT2D eigenvalue weighted by atomic mass is 19.1. The summed E-state index contributed by atoms with van der Waals surface area (Å²) in [6.07, 6.45) is 6.45. The van der Waals surface area contributed by atoms with Crippen LogP contribution >= 0.6 is 0 Å². The molecule has 2 aromatic rings. The van der Waals surface area contributed by atoms with E-state index in [4.69, 9.17) is 0 Å². The van der Waals surface area contributed by atoms with Crippen LogP contribution in [0.5, 0.6) is 0 Å². The second-order valence-electron chi connectivity index (χ2n) is 5.47. The Morgan fingerprint density at radius 3 is 3.20 bits per heavy atom. The topological polar surface area (TPSA) is 42.7 Å². The third kappa shape index (κ3) is 2.88. The Bertz CT molecular complexity index is 567. The smallest absolute Gasteiger partial charge is 0.137 e. The Morgan fingerprint density at radius 2 is 2.40 bits per heavy atom. The highest BCUT2D eigenvalue weighted by Gasteiger charge is 2.21. The van der Waals surface area contributed by atoms with Crippen molar-refractivity contribution in [2.24, 2.45) is 0 Å². The molecule has 0 saturated carbocycles. The van der Waals surface area contributed by atoms with E-state index in [1.165, 1.54) is 5.56 Å². The van der Waals surface area contributed by atoms with Crippen LogP contribution < -0.4 is 5.32 Å². The van der Waals surface area contributed by atoms with Crippen molar-refractivity contribution < 1.29 is 4.39 Å². The van der Waals surface area contributed by atoms with Crippen LogP contribution in [-0.2, 0) is 13.0 Å². The summed E-state index contributed by atoms with van der Waals surface area (Å²) < 4.78 is 15.1. The van der Waals surface area contributed by atoms with Gasteiger partial charge in [-0.3, -0.25) is 4.68 Å². The summed E-state index contributed by atoms with van der Waals surface area (Å²) in [5, 5.41) is 7.74. The normalized spacial score (nSPS) is 19.6. The average Bonchev–Trinajstić information content (AvgIpc) is 2.91. The molecule has 1 heterocycles. The van der Waals surface area contributed by atoms with Crippen LogP contribution in [0.1, 0.15) is 36.9 Å². The maximum Gasteiger partial charge on any atom is 0.137 e. The van der Waals surface area contributed by atoms with E-state index in [2.05, 4.69) is 22.3 Å².